The molecule has 2 aromatic carbocycles. The highest BCUT2D eigenvalue weighted by Crippen LogP contribution is 2.30. The first kappa shape index (κ1) is 14.6. The Morgan fingerprint density at radius 3 is 2.38 bits per heavy atom. The average molecular weight is 301 g/mol. The van der Waals surface area contributed by atoms with Crippen LogP contribution in [0.4, 0.5) is 0 Å². The summed E-state index contributed by atoms with van der Waals surface area (Å²) in [5, 5.41) is 0.0545. The molecule has 0 spiro atoms. The zero-order chi connectivity index (χ0) is 14.5. The van der Waals surface area contributed by atoms with Crippen molar-refractivity contribution in [2.75, 3.05) is 6.61 Å². The molecule has 1 heterocycles. The van der Waals surface area contributed by atoms with Crippen LogP contribution in [0.3, 0.4) is 0 Å². The lowest BCUT2D eigenvalue weighted by Crippen LogP contribution is -2.08. The lowest BCUT2D eigenvalue weighted by Gasteiger charge is -2.15. The molecule has 0 aromatic heterocycles. The second kappa shape index (κ2) is 7.11. The minimum atomic E-state index is 0.0545. The molecule has 0 radical (unpaired) electrons. The molecule has 1 aliphatic rings. The van der Waals surface area contributed by atoms with Gasteiger partial charge in [0, 0.05) is 6.61 Å². The Kier molecular flexibility index (Phi) is 4.95. The van der Waals surface area contributed by atoms with Crippen LogP contribution < -0.4 is 0 Å². The fourth-order valence-corrected chi connectivity index (χ4v) is 3.22. The van der Waals surface area contributed by atoms with E-state index in [-0.39, 0.29) is 5.38 Å². The van der Waals surface area contributed by atoms with Crippen LogP contribution in [0.1, 0.15) is 41.3 Å². The Morgan fingerprint density at radius 2 is 1.71 bits per heavy atom. The number of alkyl halides is 1. The van der Waals surface area contributed by atoms with Crippen molar-refractivity contribution in [3.8, 4) is 0 Å². The molecule has 1 aliphatic heterocycles. The normalized spacial score (nSPS) is 19.6. The van der Waals surface area contributed by atoms with Gasteiger partial charge in [0.1, 0.15) is 0 Å². The average Bonchev–Trinajstić information content (AvgIpc) is 3.02. The fourth-order valence-electron chi connectivity index (χ4n) is 2.87. The Hall–Kier alpha value is -1.31. The second-order valence-electron chi connectivity index (χ2n) is 5.74. The van der Waals surface area contributed by atoms with Crippen LogP contribution in [-0.4, -0.2) is 12.7 Å². The van der Waals surface area contributed by atoms with Crippen LogP contribution in [0.5, 0.6) is 0 Å². The molecule has 0 bridgehead atoms. The minimum Gasteiger partial charge on any atom is -0.378 e. The van der Waals surface area contributed by atoms with Gasteiger partial charge in [-0.05, 0) is 42.4 Å². The summed E-state index contributed by atoms with van der Waals surface area (Å²) in [6, 6.07) is 19.2. The summed E-state index contributed by atoms with van der Waals surface area (Å²) in [5.41, 5.74) is 3.86. The third kappa shape index (κ3) is 4.09. The summed E-state index contributed by atoms with van der Waals surface area (Å²) in [6.07, 6.45) is 4.55. The predicted molar refractivity (Wildman–Crippen MR) is 87.9 cm³/mol. The van der Waals surface area contributed by atoms with Gasteiger partial charge in [-0.2, -0.15) is 0 Å². The van der Waals surface area contributed by atoms with Gasteiger partial charge in [0.15, 0.2) is 0 Å². The van der Waals surface area contributed by atoms with Crippen LogP contribution in [-0.2, 0) is 11.2 Å². The van der Waals surface area contributed by atoms with Gasteiger partial charge < -0.3 is 4.74 Å². The number of rotatable bonds is 5. The molecule has 21 heavy (non-hydrogen) atoms. The molecular formula is C19H21ClO. The molecule has 1 fully saturated rings. The SMILES string of the molecule is ClC(CC1CCCO1)c1ccc(Cc2ccccc2)cc1. The van der Waals surface area contributed by atoms with Crippen molar-refractivity contribution in [3.05, 3.63) is 71.3 Å². The number of hydrogen-bond acceptors (Lipinski definition) is 1. The summed E-state index contributed by atoms with van der Waals surface area (Å²) in [4.78, 5) is 0. The molecule has 3 rings (SSSR count). The molecule has 0 saturated carbocycles. The van der Waals surface area contributed by atoms with E-state index in [1.807, 2.05) is 0 Å². The van der Waals surface area contributed by atoms with Crippen LogP contribution in [0.15, 0.2) is 54.6 Å². The van der Waals surface area contributed by atoms with E-state index in [0.717, 1.165) is 25.9 Å². The number of ether oxygens (including phenoxy) is 1. The number of hydrogen-bond donors (Lipinski definition) is 0. The molecule has 1 saturated heterocycles. The maximum atomic E-state index is 6.52. The van der Waals surface area contributed by atoms with E-state index in [2.05, 4.69) is 54.6 Å². The maximum Gasteiger partial charge on any atom is 0.0609 e. The fraction of sp³-hybridized carbons (Fsp3) is 0.368. The third-order valence-electron chi connectivity index (χ3n) is 4.09. The van der Waals surface area contributed by atoms with E-state index in [0.29, 0.717) is 6.10 Å². The predicted octanol–water partition coefficient (Wildman–Crippen LogP) is 5.13. The smallest absolute Gasteiger partial charge is 0.0609 e. The summed E-state index contributed by atoms with van der Waals surface area (Å²) < 4.78 is 5.66. The molecule has 2 aromatic rings. The van der Waals surface area contributed by atoms with Crippen LogP contribution >= 0.6 is 11.6 Å². The maximum absolute atomic E-state index is 6.52. The molecule has 2 heteroatoms. The van der Waals surface area contributed by atoms with Crippen molar-refractivity contribution < 1.29 is 4.74 Å². The van der Waals surface area contributed by atoms with E-state index in [9.17, 15) is 0 Å². The summed E-state index contributed by atoms with van der Waals surface area (Å²) >= 11 is 6.52. The van der Waals surface area contributed by atoms with Gasteiger partial charge in [0.05, 0.1) is 11.5 Å². The topological polar surface area (TPSA) is 9.23 Å². The van der Waals surface area contributed by atoms with E-state index in [4.69, 9.17) is 16.3 Å². The zero-order valence-electron chi connectivity index (χ0n) is 12.2. The van der Waals surface area contributed by atoms with E-state index in [1.165, 1.54) is 23.1 Å². The van der Waals surface area contributed by atoms with Gasteiger partial charge >= 0.3 is 0 Å². The van der Waals surface area contributed by atoms with Gasteiger partial charge in [-0.1, -0.05) is 54.6 Å². The second-order valence-corrected chi connectivity index (χ2v) is 6.27. The van der Waals surface area contributed by atoms with Crippen LogP contribution in [0, 0.1) is 0 Å². The highest BCUT2D eigenvalue weighted by atomic mass is 35.5. The van der Waals surface area contributed by atoms with E-state index < -0.39 is 0 Å². The molecular weight excluding hydrogens is 280 g/mol. The first-order chi connectivity index (χ1) is 10.3. The summed E-state index contributed by atoms with van der Waals surface area (Å²) in [7, 11) is 0. The lowest BCUT2D eigenvalue weighted by atomic mass is 10.0. The standard InChI is InChI=1S/C19H21ClO/c20-19(14-18-7-4-12-21-18)17-10-8-16(9-11-17)13-15-5-2-1-3-6-15/h1-3,5-6,8-11,18-19H,4,7,12-14H2. The van der Waals surface area contributed by atoms with Crippen molar-refractivity contribution in [2.45, 2.75) is 37.2 Å². The first-order valence-corrected chi connectivity index (χ1v) is 8.13. The third-order valence-corrected chi connectivity index (χ3v) is 4.52. The van der Waals surface area contributed by atoms with Crippen molar-refractivity contribution in [2.24, 2.45) is 0 Å². The van der Waals surface area contributed by atoms with Gasteiger partial charge in [-0.15, -0.1) is 11.6 Å². The number of halogens is 1. The van der Waals surface area contributed by atoms with Crippen molar-refractivity contribution in [3.63, 3.8) is 0 Å². The molecule has 0 amide bonds. The minimum absolute atomic E-state index is 0.0545. The van der Waals surface area contributed by atoms with E-state index in [1.54, 1.807) is 0 Å². The highest BCUT2D eigenvalue weighted by molar-refractivity contribution is 6.20. The van der Waals surface area contributed by atoms with Crippen molar-refractivity contribution in [1.82, 2.24) is 0 Å². The van der Waals surface area contributed by atoms with Gasteiger partial charge in [-0.25, -0.2) is 0 Å². The Labute approximate surface area is 131 Å². The Bertz CT molecular complexity index is 544. The number of benzene rings is 2. The Balaban J connectivity index is 1.60. The largest absolute Gasteiger partial charge is 0.378 e. The quantitative estimate of drug-likeness (QED) is 0.696. The zero-order valence-corrected chi connectivity index (χ0v) is 12.9. The first-order valence-electron chi connectivity index (χ1n) is 7.70. The monoisotopic (exact) mass is 300 g/mol. The summed E-state index contributed by atoms with van der Waals surface area (Å²) in [5.74, 6) is 0. The van der Waals surface area contributed by atoms with Crippen LogP contribution in [0.25, 0.3) is 0 Å². The van der Waals surface area contributed by atoms with Crippen molar-refractivity contribution in [1.29, 1.82) is 0 Å². The summed E-state index contributed by atoms with van der Waals surface area (Å²) in [6.45, 7) is 0.893. The highest BCUT2D eigenvalue weighted by Gasteiger charge is 2.20. The molecule has 2 atom stereocenters. The lowest BCUT2D eigenvalue weighted by molar-refractivity contribution is 0.103. The molecule has 1 nitrogen and oxygen atoms in total. The van der Waals surface area contributed by atoms with E-state index >= 15 is 0 Å². The molecule has 0 N–H and O–H groups in total. The van der Waals surface area contributed by atoms with Gasteiger partial charge in [0.2, 0.25) is 0 Å². The van der Waals surface area contributed by atoms with Gasteiger partial charge in [0.25, 0.3) is 0 Å². The Morgan fingerprint density at radius 1 is 1.00 bits per heavy atom. The molecule has 110 valence electrons. The molecule has 2 unspecified atom stereocenters. The van der Waals surface area contributed by atoms with Crippen molar-refractivity contribution >= 4 is 11.6 Å². The van der Waals surface area contributed by atoms with Crippen LogP contribution in [0.2, 0.25) is 0 Å². The van der Waals surface area contributed by atoms with Gasteiger partial charge in [-0.3, -0.25) is 0 Å². The molecule has 0 aliphatic carbocycles.